The number of hydrogen-bond donors (Lipinski definition) is 0. The fourth-order valence-electron chi connectivity index (χ4n) is 3.15. The van der Waals surface area contributed by atoms with Crippen LogP contribution in [0.15, 0.2) is 60.9 Å². The SMILES string of the molecule is O=C(C[C@@H](c1ccc(OC(F)(F)F)cc1)c1ncccc1F)c1ccn2nnnc2c1. The van der Waals surface area contributed by atoms with Gasteiger partial charge in [0.15, 0.2) is 11.4 Å². The lowest BCUT2D eigenvalue weighted by Crippen LogP contribution is -2.17. The Morgan fingerprint density at radius 3 is 2.61 bits per heavy atom. The van der Waals surface area contributed by atoms with E-state index in [1.165, 1.54) is 53.3 Å². The molecule has 4 aromatic rings. The smallest absolute Gasteiger partial charge is 0.406 e. The molecule has 158 valence electrons. The molecule has 3 heterocycles. The molecular weight excluding hydrogens is 418 g/mol. The van der Waals surface area contributed by atoms with Gasteiger partial charge in [0.2, 0.25) is 0 Å². The standard InChI is InChI=1S/C20H13F4N5O2/c21-16-2-1-8-25-19(16)15(12-3-5-14(6-4-12)31-20(22,23)24)11-17(30)13-7-9-29-18(10-13)26-27-28-29/h1-10,15H,11H2/t15-/m0/s1. The number of pyridine rings is 2. The van der Waals surface area contributed by atoms with Crippen LogP contribution < -0.4 is 4.74 Å². The van der Waals surface area contributed by atoms with Crippen molar-refractivity contribution >= 4 is 11.4 Å². The van der Waals surface area contributed by atoms with Gasteiger partial charge in [-0.3, -0.25) is 9.78 Å². The maximum Gasteiger partial charge on any atom is 0.573 e. The number of benzene rings is 1. The summed E-state index contributed by atoms with van der Waals surface area (Å²) in [7, 11) is 0. The monoisotopic (exact) mass is 431 g/mol. The topological polar surface area (TPSA) is 82.3 Å². The van der Waals surface area contributed by atoms with Crippen LogP contribution in [0, 0.1) is 5.82 Å². The van der Waals surface area contributed by atoms with Crippen LogP contribution in [0.3, 0.4) is 0 Å². The van der Waals surface area contributed by atoms with E-state index in [1.807, 2.05) is 0 Å². The predicted molar refractivity (Wildman–Crippen MR) is 98.9 cm³/mol. The van der Waals surface area contributed by atoms with Crippen molar-refractivity contribution in [2.75, 3.05) is 0 Å². The summed E-state index contributed by atoms with van der Waals surface area (Å²) in [6.45, 7) is 0. The van der Waals surface area contributed by atoms with Crippen LogP contribution in [0.5, 0.6) is 5.75 Å². The van der Waals surface area contributed by atoms with Gasteiger partial charge in [-0.15, -0.1) is 18.3 Å². The third kappa shape index (κ3) is 4.65. The van der Waals surface area contributed by atoms with Gasteiger partial charge >= 0.3 is 6.36 Å². The van der Waals surface area contributed by atoms with E-state index >= 15 is 0 Å². The van der Waals surface area contributed by atoms with E-state index in [4.69, 9.17) is 0 Å². The molecule has 0 saturated carbocycles. The van der Waals surface area contributed by atoms with Gasteiger partial charge in [0.25, 0.3) is 0 Å². The van der Waals surface area contributed by atoms with Gasteiger partial charge in [0.05, 0.1) is 5.69 Å². The van der Waals surface area contributed by atoms with Gasteiger partial charge in [-0.1, -0.05) is 12.1 Å². The maximum atomic E-state index is 14.5. The Labute approximate surface area is 172 Å². The van der Waals surface area contributed by atoms with Gasteiger partial charge in [-0.05, 0) is 52.4 Å². The Balaban J connectivity index is 1.66. The third-order valence-electron chi connectivity index (χ3n) is 4.54. The Bertz CT molecular complexity index is 1220. The number of hydrogen-bond acceptors (Lipinski definition) is 6. The fraction of sp³-hybridized carbons (Fsp3) is 0.150. The van der Waals surface area contributed by atoms with Crippen LogP contribution in [-0.2, 0) is 0 Å². The van der Waals surface area contributed by atoms with E-state index in [9.17, 15) is 22.4 Å². The van der Waals surface area contributed by atoms with Gasteiger partial charge < -0.3 is 4.74 Å². The van der Waals surface area contributed by atoms with Gasteiger partial charge in [-0.2, -0.15) is 0 Å². The molecule has 31 heavy (non-hydrogen) atoms. The first-order chi connectivity index (χ1) is 14.8. The summed E-state index contributed by atoms with van der Waals surface area (Å²) in [5.41, 5.74) is 1.08. The van der Waals surface area contributed by atoms with Crippen LogP contribution in [-0.4, -0.2) is 37.2 Å². The largest absolute Gasteiger partial charge is 0.573 e. The first-order valence-corrected chi connectivity index (χ1v) is 8.97. The first-order valence-electron chi connectivity index (χ1n) is 8.97. The van der Waals surface area contributed by atoms with Crippen molar-refractivity contribution in [3.05, 3.63) is 83.6 Å². The summed E-state index contributed by atoms with van der Waals surface area (Å²) in [5.74, 6) is -2.22. The number of ether oxygens (including phenoxy) is 1. The molecule has 1 atom stereocenters. The minimum atomic E-state index is -4.83. The normalized spacial score (nSPS) is 12.6. The second-order valence-corrected chi connectivity index (χ2v) is 6.56. The number of fused-ring (bicyclic) bond motifs is 1. The quantitative estimate of drug-likeness (QED) is 0.340. The van der Waals surface area contributed by atoms with E-state index in [0.29, 0.717) is 16.8 Å². The number of Topliss-reactive ketones (excluding diaryl/α,β-unsaturated/α-hetero) is 1. The Hall–Kier alpha value is -3.89. The zero-order chi connectivity index (χ0) is 22.0. The van der Waals surface area contributed by atoms with Crippen LogP contribution in [0.25, 0.3) is 5.65 Å². The summed E-state index contributed by atoms with van der Waals surface area (Å²) in [6.07, 6.45) is -2.11. The molecule has 0 aliphatic rings. The molecule has 0 amide bonds. The molecule has 0 unspecified atom stereocenters. The number of ketones is 1. The Kier molecular flexibility index (Phi) is 5.32. The van der Waals surface area contributed by atoms with E-state index in [2.05, 4.69) is 25.2 Å². The summed E-state index contributed by atoms with van der Waals surface area (Å²) in [4.78, 5) is 17.0. The summed E-state index contributed by atoms with van der Waals surface area (Å²) in [5, 5.41) is 11.0. The molecule has 0 radical (unpaired) electrons. The average molecular weight is 431 g/mol. The second kappa shape index (κ2) is 8.09. The number of rotatable bonds is 6. The predicted octanol–water partition coefficient (Wildman–Crippen LogP) is 3.96. The molecule has 11 heteroatoms. The van der Waals surface area contributed by atoms with Gasteiger partial charge in [-0.25, -0.2) is 8.91 Å². The number of nitrogens with zero attached hydrogens (tertiary/aromatic N) is 5. The lowest BCUT2D eigenvalue weighted by Gasteiger charge is -2.18. The lowest BCUT2D eigenvalue weighted by molar-refractivity contribution is -0.274. The number of halogens is 4. The molecule has 3 aromatic heterocycles. The van der Waals surface area contributed by atoms with Crippen molar-refractivity contribution in [2.24, 2.45) is 0 Å². The highest BCUT2D eigenvalue weighted by atomic mass is 19.4. The minimum Gasteiger partial charge on any atom is -0.406 e. The molecule has 1 aromatic carbocycles. The average Bonchev–Trinajstić information content (AvgIpc) is 3.20. The molecule has 4 rings (SSSR count). The molecule has 0 saturated heterocycles. The highest BCUT2D eigenvalue weighted by Gasteiger charge is 2.31. The van der Waals surface area contributed by atoms with Crippen molar-refractivity contribution in [1.82, 2.24) is 25.0 Å². The first kappa shape index (κ1) is 20.4. The molecule has 0 spiro atoms. The Morgan fingerprint density at radius 2 is 1.90 bits per heavy atom. The zero-order valence-corrected chi connectivity index (χ0v) is 15.6. The molecule has 7 nitrogen and oxygen atoms in total. The van der Waals surface area contributed by atoms with Crippen LogP contribution >= 0.6 is 0 Å². The number of alkyl halides is 3. The van der Waals surface area contributed by atoms with Crippen LogP contribution in [0.1, 0.15) is 34.0 Å². The van der Waals surface area contributed by atoms with E-state index in [1.54, 1.807) is 0 Å². The summed E-state index contributed by atoms with van der Waals surface area (Å²) < 4.78 is 57.0. The van der Waals surface area contributed by atoms with Crippen molar-refractivity contribution in [2.45, 2.75) is 18.7 Å². The van der Waals surface area contributed by atoms with Gasteiger partial charge in [0.1, 0.15) is 11.6 Å². The van der Waals surface area contributed by atoms with Crippen LogP contribution in [0.4, 0.5) is 17.6 Å². The Morgan fingerprint density at radius 1 is 1.13 bits per heavy atom. The molecular formula is C20H13F4N5O2. The van der Waals surface area contributed by atoms with Gasteiger partial charge in [0, 0.05) is 30.3 Å². The van der Waals surface area contributed by atoms with E-state index in [-0.39, 0.29) is 17.9 Å². The number of carbonyl (C=O) groups is 1. The molecule has 0 aliphatic heterocycles. The maximum absolute atomic E-state index is 14.5. The molecule has 0 bridgehead atoms. The highest BCUT2D eigenvalue weighted by Crippen LogP contribution is 2.32. The summed E-state index contributed by atoms with van der Waals surface area (Å²) in [6, 6.07) is 10.5. The summed E-state index contributed by atoms with van der Waals surface area (Å²) >= 11 is 0. The van der Waals surface area contributed by atoms with Crippen molar-refractivity contribution < 1.29 is 27.1 Å². The lowest BCUT2D eigenvalue weighted by atomic mass is 9.88. The molecule has 0 aliphatic carbocycles. The fourth-order valence-corrected chi connectivity index (χ4v) is 3.15. The number of carbonyl (C=O) groups excluding carboxylic acids is 1. The van der Waals surface area contributed by atoms with E-state index in [0.717, 1.165) is 12.1 Å². The second-order valence-electron chi connectivity index (χ2n) is 6.56. The van der Waals surface area contributed by atoms with E-state index < -0.39 is 23.8 Å². The number of tetrazole rings is 1. The minimum absolute atomic E-state index is 0.00515. The van der Waals surface area contributed by atoms with Crippen LogP contribution in [0.2, 0.25) is 0 Å². The third-order valence-corrected chi connectivity index (χ3v) is 4.54. The van der Waals surface area contributed by atoms with Crippen molar-refractivity contribution in [1.29, 1.82) is 0 Å². The highest BCUT2D eigenvalue weighted by molar-refractivity contribution is 5.97. The van der Waals surface area contributed by atoms with Crippen molar-refractivity contribution in [3.63, 3.8) is 0 Å². The zero-order valence-electron chi connectivity index (χ0n) is 15.6. The number of aromatic nitrogens is 5. The van der Waals surface area contributed by atoms with Crippen molar-refractivity contribution in [3.8, 4) is 5.75 Å². The molecule has 0 fully saturated rings. The molecule has 0 N–H and O–H groups in total.